The van der Waals surface area contributed by atoms with Crippen LogP contribution in [0.3, 0.4) is 0 Å². The van der Waals surface area contributed by atoms with Crippen molar-refractivity contribution < 1.29 is 14.4 Å². The van der Waals surface area contributed by atoms with E-state index in [0.29, 0.717) is 6.42 Å². The summed E-state index contributed by atoms with van der Waals surface area (Å²) in [5.41, 5.74) is -1.09. The Balaban J connectivity index is 3.11. The first-order valence-electron chi connectivity index (χ1n) is 5.65. The Labute approximate surface area is 95.0 Å². The zero-order valence-corrected chi connectivity index (χ0v) is 9.92. The predicted octanol–water partition coefficient (Wildman–Crippen LogP) is 1.18. The molecule has 4 amide bonds. The Bertz CT molecular complexity index is 305. The van der Waals surface area contributed by atoms with Crippen LogP contribution in [0, 0.1) is 11.3 Å². The molecule has 0 aromatic heterocycles. The molecule has 1 heterocycles. The summed E-state index contributed by atoms with van der Waals surface area (Å²) in [5.74, 6) is -1.00. The van der Waals surface area contributed by atoms with Gasteiger partial charge < -0.3 is 0 Å². The van der Waals surface area contributed by atoms with Gasteiger partial charge >= 0.3 is 6.03 Å². The molecule has 1 atom stereocenters. The number of hydrogen-bond donors (Lipinski definition) is 2. The van der Waals surface area contributed by atoms with Crippen molar-refractivity contribution in [2.75, 3.05) is 0 Å². The number of nitrogens with one attached hydrogen (secondary N) is 2. The maximum atomic E-state index is 11.9. The topological polar surface area (TPSA) is 75.3 Å². The van der Waals surface area contributed by atoms with Crippen LogP contribution in [-0.2, 0) is 9.59 Å². The van der Waals surface area contributed by atoms with E-state index in [1.54, 1.807) is 0 Å². The van der Waals surface area contributed by atoms with E-state index in [4.69, 9.17) is 0 Å². The molecule has 90 valence electrons. The summed E-state index contributed by atoms with van der Waals surface area (Å²) in [6.07, 6.45) is 1.90. The number of barbiturate groups is 1. The van der Waals surface area contributed by atoms with Crippen molar-refractivity contribution in [1.82, 2.24) is 10.6 Å². The highest BCUT2D eigenvalue weighted by Gasteiger charge is 2.52. The third-order valence-corrected chi connectivity index (χ3v) is 3.36. The van der Waals surface area contributed by atoms with Crippen molar-refractivity contribution in [1.29, 1.82) is 0 Å². The van der Waals surface area contributed by atoms with E-state index >= 15 is 0 Å². The minimum absolute atomic E-state index is 0.0828. The molecule has 0 aromatic carbocycles. The fourth-order valence-corrected chi connectivity index (χ4v) is 2.23. The molecule has 1 saturated heterocycles. The van der Waals surface area contributed by atoms with Crippen LogP contribution < -0.4 is 10.6 Å². The van der Waals surface area contributed by atoms with E-state index in [1.807, 2.05) is 20.8 Å². The van der Waals surface area contributed by atoms with Crippen molar-refractivity contribution in [3.8, 4) is 0 Å². The standard InChI is InChI=1S/C11H18N2O3/c1-4-6-11(7(3)5-2)8(14)12-10(16)13-9(11)15/h7H,4-6H2,1-3H3,(H2,12,13,14,15,16)/t7-/m1/s1. The SMILES string of the molecule is CCCC1([C@H](C)CC)C(=O)NC(=O)NC1=O. The number of imide groups is 2. The van der Waals surface area contributed by atoms with Crippen molar-refractivity contribution in [2.24, 2.45) is 11.3 Å². The van der Waals surface area contributed by atoms with Gasteiger partial charge in [0.15, 0.2) is 0 Å². The summed E-state index contributed by atoms with van der Waals surface area (Å²) in [5, 5.41) is 4.38. The summed E-state index contributed by atoms with van der Waals surface area (Å²) >= 11 is 0. The third kappa shape index (κ3) is 1.81. The molecule has 0 bridgehead atoms. The largest absolute Gasteiger partial charge is 0.328 e. The molecule has 1 aliphatic heterocycles. The van der Waals surface area contributed by atoms with E-state index in [1.165, 1.54) is 0 Å². The number of hydrogen-bond acceptors (Lipinski definition) is 3. The highest BCUT2D eigenvalue weighted by Crippen LogP contribution is 2.37. The van der Waals surface area contributed by atoms with Gasteiger partial charge in [0.05, 0.1) is 0 Å². The Morgan fingerprint density at radius 1 is 1.12 bits per heavy atom. The van der Waals surface area contributed by atoms with E-state index in [2.05, 4.69) is 10.6 Å². The maximum absolute atomic E-state index is 11.9. The number of amides is 4. The van der Waals surface area contributed by atoms with Crippen molar-refractivity contribution in [3.05, 3.63) is 0 Å². The zero-order chi connectivity index (χ0) is 12.3. The Morgan fingerprint density at radius 2 is 1.62 bits per heavy atom. The van der Waals surface area contributed by atoms with Crippen LogP contribution in [0.15, 0.2) is 0 Å². The van der Waals surface area contributed by atoms with Gasteiger partial charge in [-0.15, -0.1) is 0 Å². The fraction of sp³-hybridized carbons (Fsp3) is 0.727. The maximum Gasteiger partial charge on any atom is 0.328 e. The van der Waals surface area contributed by atoms with Crippen LogP contribution in [-0.4, -0.2) is 17.8 Å². The normalized spacial score (nSPS) is 21.3. The quantitative estimate of drug-likeness (QED) is 0.707. The lowest BCUT2D eigenvalue weighted by Crippen LogP contribution is -2.64. The molecule has 16 heavy (non-hydrogen) atoms. The van der Waals surface area contributed by atoms with Gasteiger partial charge in [0.1, 0.15) is 5.41 Å². The number of rotatable bonds is 4. The predicted molar refractivity (Wildman–Crippen MR) is 58.5 cm³/mol. The Kier molecular flexibility index (Phi) is 3.67. The van der Waals surface area contributed by atoms with E-state index in [-0.39, 0.29) is 5.92 Å². The van der Waals surface area contributed by atoms with Gasteiger partial charge in [0.25, 0.3) is 0 Å². The first-order chi connectivity index (χ1) is 7.48. The van der Waals surface area contributed by atoms with Gasteiger partial charge in [-0.1, -0.05) is 33.6 Å². The van der Waals surface area contributed by atoms with Crippen LogP contribution in [0.1, 0.15) is 40.0 Å². The summed E-state index contributed by atoms with van der Waals surface area (Å²) in [7, 11) is 0. The summed E-state index contributed by atoms with van der Waals surface area (Å²) in [6.45, 7) is 5.71. The molecule has 0 saturated carbocycles. The molecule has 0 spiro atoms. The molecule has 0 unspecified atom stereocenters. The Morgan fingerprint density at radius 3 is 2.00 bits per heavy atom. The Hall–Kier alpha value is -1.39. The van der Waals surface area contributed by atoms with Gasteiger partial charge in [-0.05, 0) is 12.3 Å². The molecule has 0 aliphatic carbocycles. The van der Waals surface area contributed by atoms with Gasteiger partial charge in [-0.3, -0.25) is 20.2 Å². The summed E-state index contributed by atoms with van der Waals surface area (Å²) in [4.78, 5) is 34.9. The van der Waals surface area contributed by atoms with Crippen LogP contribution >= 0.6 is 0 Å². The first kappa shape index (κ1) is 12.7. The van der Waals surface area contributed by atoms with Gasteiger partial charge in [-0.25, -0.2) is 4.79 Å². The number of carbonyl (C=O) groups excluding carboxylic acids is 3. The highest BCUT2D eigenvalue weighted by molar-refractivity contribution is 6.19. The monoisotopic (exact) mass is 226 g/mol. The van der Waals surface area contributed by atoms with Gasteiger partial charge in [-0.2, -0.15) is 0 Å². The molecule has 1 fully saturated rings. The summed E-state index contributed by atoms with van der Waals surface area (Å²) in [6, 6.07) is -0.718. The van der Waals surface area contributed by atoms with Crippen LogP contribution in [0.5, 0.6) is 0 Å². The number of urea groups is 1. The molecular weight excluding hydrogens is 208 g/mol. The second kappa shape index (κ2) is 4.63. The summed E-state index contributed by atoms with van der Waals surface area (Å²) < 4.78 is 0. The minimum atomic E-state index is -1.09. The lowest BCUT2D eigenvalue weighted by Gasteiger charge is -2.38. The average molecular weight is 226 g/mol. The van der Waals surface area contributed by atoms with E-state index < -0.39 is 23.3 Å². The molecule has 2 N–H and O–H groups in total. The molecule has 0 aromatic rings. The number of carbonyl (C=O) groups is 3. The highest BCUT2D eigenvalue weighted by atomic mass is 16.2. The second-order valence-electron chi connectivity index (χ2n) is 4.27. The van der Waals surface area contributed by atoms with Crippen molar-refractivity contribution in [2.45, 2.75) is 40.0 Å². The van der Waals surface area contributed by atoms with Gasteiger partial charge in [0.2, 0.25) is 11.8 Å². The first-order valence-corrected chi connectivity index (χ1v) is 5.65. The molecule has 0 radical (unpaired) electrons. The molecule has 1 rings (SSSR count). The van der Waals surface area contributed by atoms with Crippen LogP contribution in [0.4, 0.5) is 4.79 Å². The molecule has 1 aliphatic rings. The smallest absolute Gasteiger partial charge is 0.277 e. The fourth-order valence-electron chi connectivity index (χ4n) is 2.23. The van der Waals surface area contributed by atoms with Gasteiger partial charge in [0, 0.05) is 0 Å². The lowest BCUT2D eigenvalue weighted by atomic mass is 9.69. The van der Waals surface area contributed by atoms with Crippen molar-refractivity contribution >= 4 is 17.8 Å². The molecule has 5 nitrogen and oxygen atoms in total. The van der Waals surface area contributed by atoms with Crippen LogP contribution in [0.2, 0.25) is 0 Å². The average Bonchev–Trinajstić information content (AvgIpc) is 2.22. The zero-order valence-electron chi connectivity index (χ0n) is 9.92. The minimum Gasteiger partial charge on any atom is -0.277 e. The van der Waals surface area contributed by atoms with E-state index in [9.17, 15) is 14.4 Å². The van der Waals surface area contributed by atoms with Crippen LogP contribution in [0.25, 0.3) is 0 Å². The molecular formula is C11H18N2O3. The third-order valence-electron chi connectivity index (χ3n) is 3.36. The van der Waals surface area contributed by atoms with E-state index in [0.717, 1.165) is 12.8 Å². The second-order valence-corrected chi connectivity index (χ2v) is 4.27. The van der Waals surface area contributed by atoms with Crippen molar-refractivity contribution in [3.63, 3.8) is 0 Å². The molecule has 5 heteroatoms. The lowest BCUT2D eigenvalue weighted by molar-refractivity contribution is -0.148.